The third kappa shape index (κ3) is 2.11. The molecular formula is C14H13NO2S. The minimum absolute atomic E-state index is 0.0972. The van der Waals surface area contributed by atoms with E-state index in [2.05, 4.69) is 5.32 Å². The van der Waals surface area contributed by atoms with Crippen molar-refractivity contribution in [3.63, 3.8) is 0 Å². The van der Waals surface area contributed by atoms with E-state index < -0.39 is 0 Å². The topological polar surface area (TPSA) is 49.3 Å². The maximum atomic E-state index is 12.0. The smallest absolute Gasteiger partial charge is 0.265 e. The van der Waals surface area contributed by atoms with Crippen LogP contribution in [0.3, 0.4) is 0 Å². The molecule has 92 valence electrons. The maximum absolute atomic E-state index is 12.0. The summed E-state index contributed by atoms with van der Waals surface area (Å²) in [6.45, 7) is 0. The highest BCUT2D eigenvalue weighted by Crippen LogP contribution is 2.31. The van der Waals surface area contributed by atoms with Crippen LogP contribution >= 0.6 is 11.3 Å². The fourth-order valence-electron chi connectivity index (χ4n) is 2.22. The highest BCUT2D eigenvalue weighted by Gasteiger charge is 2.18. The summed E-state index contributed by atoms with van der Waals surface area (Å²) < 4.78 is 0. The standard InChI is InChI=1S/C14H13NO2S/c16-11-5-2-4-10(8-11)15-14(17)13-7-9-3-1-6-12(9)18-13/h2,4-5,7-8,16H,1,3,6H2,(H,15,17). The lowest BCUT2D eigenvalue weighted by atomic mass is 10.2. The number of carbonyl (C=O) groups is 1. The number of benzene rings is 1. The van der Waals surface area contributed by atoms with E-state index in [1.165, 1.54) is 16.9 Å². The van der Waals surface area contributed by atoms with Crippen molar-refractivity contribution in [2.45, 2.75) is 19.3 Å². The molecule has 3 rings (SSSR count). The first-order valence-electron chi connectivity index (χ1n) is 5.94. The number of hydrogen-bond acceptors (Lipinski definition) is 3. The van der Waals surface area contributed by atoms with E-state index in [0.717, 1.165) is 17.7 Å². The molecule has 1 aromatic heterocycles. The van der Waals surface area contributed by atoms with E-state index in [1.54, 1.807) is 35.6 Å². The molecule has 0 unspecified atom stereocenters. The second kappa shape index (κ2) is 4.46. The first-order valence-corrected chi connectivity index (χ1v) is 6.76. The summed E-state index contributed by atoms with van der Waals surface area (Å²) in [5.41, 5.74) is 1.94. The van der Waals surface area contributed by atoms with Crippen LogP contribution in [0.2, 0.25) is 0 Å². The number of phenols is 1. The second-order valence-electron chi connectivity index (χ2n) is 4.42. The molecule has 0 bridgehead atoms. The van der Waals surface area contributed by atoms with Crippen LogP contribution in [0, 0.1) is 0 Å². The Morgan fingerprint density at radius 3 is 2.94 bits per heavy atom. The van der Waals surface area contributed by atoms with Gasteiger partial charge in [-0.25, -0.2) is 0 Å². The average molecular weight is 259 g/mol. The molecular weight excluding hydrogens is 246 g/mol. The molecule has 1 amide bonds. The van der Waals surface area contributed by atoms with Crippen LogP contribution in [-0.2, 0) is 12.8 Å². The maximum Gasteiger partial charge on any atom is 0.265 e. The number of hydrogen-bond donors (Lipinski definition) is 2. The zero-order chi connectivity index (χ0) is 12.5. The summed E-state index contributed by atoms with van der Waals surface area (Å²) in [7, 11) is 0. The van der Waals surface area contributed by atoms with Crippen molar-refractivity contribution < 1.29 is 9.90 Å². The van der Waals surface area contributed by atoms with Gasteiger partial charge in [0.1, 0.15) is 5.75 Å². The zero-order valence-electron chi connectivity index (χ0n) is 9.77. The van der Waals surface area contributed by atoms with Gasteiger partial charge in [-0.2, -0.15) is 0 Å². The first-order chi connectivity index (χ1) is 8.72. The monoisotopic (exact) mass is 259 g/mol. The lowest BCUT2D eigenvalue weighted by Crippen LogP contribution is -2.09. The lowest BCUT2D eigenvalue weighted by Gasteiger charge is -2.03. The third-order valence-corrected chi connectivity index (χ3v) is 4.31. The Morgan fingerprint density at radius 1 is 1.28 bits per heavy atom. The lowest BCUT2D eigenvalue weighted by molar-refractivity contribution is 0.103. The summed E-state index contributed by atoms with van der Waals surface area (Å²) in [6, 6.07) is 8.58. The van der Waals surface area contributed by atoms with E-state index in [-0.39, 0.29) is 11.7 Å². The molecule has 1 aliphatic carbocycles. The molecule has 4 heteroatoms. The Bertz CT molecular complexity index is 582. The number of anilines is 1. The molecule has 0 saturated heterocycles. The second-order valence-corrected chi connectivity index (χ2v) is 5.55. The Kier molecular flexibility index (Phi) is 2.80. The highest BCUT2D eigenvalue weighted by atomic mass is 32.1. The van der Waals surface area contributed by atoms with Gasteiger partial charge >= 0.3 is 0 Å². The van der Waals surface area contributed by atoms with Crippen LogP contribution in [0.5, 0.6) is 5.75 Å². The molecule has 0 radical (unpaired) electrons. The number of fused-ring (bicyclic) bond motifs is 1. The van der Waals surface area contributed by atoms with Crippen LogP contribution in [0.1, 0.15) is 26.5 Å². The molecule has 0 atom stereocenters. The van der Waals surface area contributed by atoms with Gasteiger partial charge in [0.2, 0.25) is 0 Å². The number of phenolic OH excluding ortho intramolecular Hbond substituents is 1. The number of rotatable bonds is 2. The molecule has 1 aliphatic rings. The predicted molar refractivity (Wildman–Crippen MR) is 72.4 cm³/mol. The molecule has 0 fully saturated rings. The van der Waals surface area contributed by atoms with Gasteiger partial charge in [-0.1, -0.05) is 6.07 Å². The SMILES string of the molecule is O=C(Nc1cccc(O)c1)c1cc2c(s1)CCC2. The van der Waals surface area contributed by atoms with E-state index >= 15 is 0 Å². The number of thiophene rings is 1. The summed E-state index contributed by atoms with van der Waals surface area (Å²) in [5, 5.41) is 12.1. The number of amides is 1. The minimum Gasteiger partial charge on any atom is -0.508 e. The van der Waals surface area contributed by atoms with Crippen molar-refractivity contribution in [3.05, 3.63) is 45.6 Å². The van der Waals surface area contributed by atoms with Gasteiger partial charge in [-0.15, -0.1) is 11.3 Å². The molecule has 1 heterocycles. The van der Waals surface area contributed by atoms with E-state index in [1.807, 2.05) is 6.07 Å². The molecule has 1 aromatic carbocycles. The van der Waals surface area contributed by atoms with Gasteiger partial charge in [-0.05, 0) is 43.0 Å². The van der Waals surface area contributed by atoms with Crippen LogP contribution < -0.4 is 5.32 Å². The average Bonchev–Trinajstić information content (AvgIpc) is 2.88. The fourth-order valence-corrected chi connectivity index (χ4v) is 3.37. The molecule has 2 N–H and O–H groups in total. The van der Waals surface area contributed by atoms with E-state index in [4.69, 9.17) is 0 Å². The van der Waals surface area contributed by atoms with E-state index in [9.17, 15) is 9.90 Å². The van der Waals surface area contributed by atoms with Crippen molar-refractivity contribution in [2.75, 3.05) is 5.32 Å². The Morgan fingerprint density at radius 2 is 2.17 bits per heavy atom. The number of aryl methyl sites for hydroxylation is 2. The molecule has 0 spiro atoms. The van der Waals surface area contributed by atoms with Crippen molar-refractivity contribution in [3.8, 4) is 5.75 Å². The fraction of sp³-hybridized carbons (Fsp3) is 0.214. The zero-order valence-corrected chi connectivity index (χ0v) is 10.6. The van der Waals surface area contributed by atoms with Crippen LogP contribution in [0.4, 0.5) is 5.69 Å². The normalized spacial score (nSPS) is 13.3. The van der Waals surface area contributed by atoms with Gasteiger partial charge in [0, 0.05) is 16.6 Å². The molecule has 0 saturated carbocycles. The largest absolute Gasteiger partial charge is 0.508 e. The summed E-state index contributed by atoms with van der Waals surface area (Å²) in [5.74, 6) is 0.0569. The summed E-state index contributed by atoms with van der Waals surface area (Å²) in [6.07, 6.45) is 3.39. The van der Waals surface area contributed by atoms with Gasteiger partial charge in [0.15, 0.2) is 0 Å². The number of carbonyl (C=O) groups excluding carboxylic acids is 1. The van der Waals surface area contributed by atoms with E-state index in [0.29, 0.717) is 5.69 Å². The minimum atomic E-state index is -0.0972. The molecule has 2 aromatic rings. The molecule has 18 heavy (non-hydrogen) atoms. The third-order valence-electron chi connectivity index (χ3n) is 3.07. The quantitative estimate of drug-likeness (QED) is 0.870. The van der Waals surface area contributed by atoms with Gasteiger partial charge in [0.25, 0.3) is 5.91 Å². The Hall–Kier alpha value is -1.81. The van der Waals surface area contributed by atoms with Crippen molar-refractivity contribution in [2.24, 2.45) is 0 Å². The predicted octanol–water partition coefficient (Wildman–Crippen LogP) is 3.19. The van der Waals surface area contributed by atoms with Crippen molar-refractivity contribution >= 4 is 22.9 Å². The summed E-state index contributed by atoms with van der Waals surface area (Å²) >= 11 is 1.58. The van der Waals surface area contributed by atoms with Gasteiger partial charge in [-0.3, -0.25) is 4.79 Å². The van der Waals surface area contributed by atoms with Crippen LogP contribution in [0.25, 0.3) is 0 Å². The van der Waals surface area contributed by atoms with Crippen LogP contribution in [0.15, 0.2) is 30.3 Å². The van der Waals surface area contributed by atoms with Crippen molar-refractivity contribution in [1.82, 2.24) is 0 Å². The summed E-state index contributed by atoms with van der Waals surface area (Å²) in [4.78, 5) is 14.1. The highest BCUT2D eigenvalue weighted by molar-refractivity contribution is 7.14. The first kappa shape index (κ1) is 11.3. The van der Waals surface area contributed by atoms with Crippen LogP contribution in [-0.4, -0.2) is 11.0 Å². The number of nitrogens with one attached hydrogen (secondary N) is 1. The molecule has 3 nitrogen and oxygen atoms in total. The van der Waals surface area contributed by atoms with Gasteiger partial charge < -0.3 is 10.4 Å². The Labute approximate surface area is 109 Å². The van der Waals surface area contributed by atoms with Crippen molar-refractivity contribution in [1.29, 1.82) is 0 Å². The molecule has 0 aliphatic heterocycles. The number of aromatic hydroxyl groups is 1. The Balaban J connectivity index is 1.78. The van der Waals surface area contributed by atoms with Gasteiger partial charge in [0.05, 0.1) is 4.88 Å².